The van der Waals surface area contributed by atoms with Crippen molar-refractivity contribution in [3.8, 4) is 22.6 Å². The van der Waals surface area contributed by atoms with Crippen LogP contribution in [0.4, 0.5) is 11.5 Å². The molecule has 0 bridgehead atoms. The van der Waals surface area contributed by atoms with Gasteiger partial charge in [-0.3, -0.25) is 4.79 Å². The van der Waals surface area contributed by atoms with Crippen LogP contribution in [0.3, 0.4) is 0 Å². The fraction of sp³-hybridized carbons (Fsp3) is 0. The summed E-state index contributed by atoms with van der Waals surface area (Å²) in [5.41, 5.74) is 3.29. The molecule has 1 N–H and O–H groups in total. The first-order valence-corrected chi connectivity index (χ1v) is 8.92. The van der Waals surface area contributed by atoms with Crippen LogP contribution < -0.4 is 10.1 Å². The maximum atomic E-state index is 11.2. The maximum absolute atomic E-state index is 11.2. The lowest BCUT2D eigenvalue weighted by Gasteiger charge is -2.10. The summed E-state index contributed by atoms with van der Waals surface area (Å²) in [5.74, 6) is 2.24. The minimum Gasteiger partial charge on any atom is -0.457 e. The molecule has 0 amide bonds. The summed E-state index contributed by atoms with van der Waals surface area (Å²) < 4.78 is 5.87. The third-order valence-electron chi connectivity index (χ3n) is 4.25. The van der Waals surface area contributed by atoms with Crippen LogP contribution in [0.15, 0.2) is 97.2 Å². The normalized spacial score (nSPS) is 10.3. The molecule has 0 aliphatic rings. The molecule has 0 aliphatic carbocycles. The van der Waals surface area contributed by atoms with Crippen LogP contribution in [0, 0.1) is 0 Å². The summed E-state index contributed by atoms with van der Waals surface area (Å²) in [5, 5.41) is 3.28. The zero-order valence-electron chi connectivity index (χ0n) is 15.1. The fourth-order valence-electron chi connectivity index (χ4n) is 2.90. The van der Waals surface area contributed by atoms with Gasteiger partial charge < -0.3 is 10.1 Å². The third-order valence-corrected chi connectivity index (χ3v) is 4.25. The van der Waals surface area contributed by atoms with Crippen LogP contribution in [0.25, 0.3) is 11.1 Å². The molecule has 28 heavy (non-hydrogen) atoms. The number of nitrogens with one attached hydrogen (secondary N) is 1. The van der Waals surface area contributed by atoms with E-state index in [1.807, 2.05) is 84.9 Å². The first-order chi connectivity index (χ1) is 13.8. The molecule has 0 radical (unpaired) electrons. The second kappa shape index (κ2) is 8.18. The Hall–Kier alpha value is -3.92. The van der Waals surface area contributed by atoms with Gasteiger partial charge in [0.05, 0.1) is 0 Å². The van der Waals surface area contributed by atoms with E-state index >= 15 is 0 Å². The number of carbonyl (C=O) groups is 1. The molecule has 1 heterocycles. The van der Waals surface area contributed by atoms with Gasteiger partial charge in [-0.15, -0.1) is 0 Å². The van der Waals surface area contributed by atoms with E-state index in [0.717, 1.165) is 34.6 Å². The van der Waals surface area contributed by atoms with Crippen LogP contribution in [0.2, 0.25) is 0 Å². The highest BCUT2D eigenvalue weighted by Crippen LogP contribution is 2.27. The molecule has 0 atom stereocenters. The van der Waals surface area contributed by atoms with E-state index in [0.29, 0.717) is 11.4 Å². The molecule has 4 rings (SSSR count). The van der Waals surface area contributed by atoms with Crippen molar-refractivity contribution in [2.24, 2.45) is 0 Å². The standard InChI is InChI=1S/C24H18N2O2/c27-17-19-7-4-5-12-23(19)18-13-14-24(25-16-18)26-20-8-6-11-22(15-20)28-21-9-2-1-3-10-21/h1-17H,(H,25,26). The molecular formula is C24H18N2O2. The number of pyridine rings is 1. The van der Waals surface area contributed by atoms with E-state index in [1.54, 1.807) is 12.3 Å². The first-order valence-electron chi connectivity index (χ1n) is 8.92. The second-order valence-electron chi connectivity index (χ2n) is 6.21. The van der Waals surface area contributed by atoms with E-state index in [-0.39, 0.29) is 0 Å². The Morgan fingerprint density at radius 1 is 0.786 bits per heavy atom. The number of aldehydes is 1. The fourth-order valence-corrected chi connectivity index (χ4v) is 2.90. The van der Waals surface area contributed by atoms with Crippen LogP contribution in [0.5, 0.6) is 11.5 Å². The van der Waals surface area contributed by atoms with Crippen molar-refractivity contribution in [3.63, 3.8) is 0 Å². The quantitative estimate of drug-likeness (QED) is 0.419. The van der Waals surface area contributed by atoms with Crippen molar-refractivity contribution >= 4 is 17.8 Å². The van der Waals surface area contributed by atoms with Gasteiger partial charge in [0.1, 0.15) is 17.3 Å². The van der Waals surface area contributed by atoms with E-state index in [2.05, 4.69) is 10.3 Å². The van der Waals surface area contributed by atoms with Gasteiger partial charge in [0, 0.05) is 29.1 Å². The number of benzene rings is 3. The van der Waals surface area contributed by atoms with Crippen molar-refractivity contribution in [2.45, 2.75) is 0 Å². The molecule has 0 unspecified atom stereocenters. The molecule has 0 saturated heterocycles. The summed E-state index contributed by atoms with van der Waals surface area (Å²) in [7, 11) is 0. The van der Waals surface area contributed by atoms with Crippen molar-refractivity contribution < 1.29 is 9.53 Å². The molecule has 136 valence electrons. The Bertz CT molecular complexity index is 1080. The van der Waals surface area contributed by atoms with Crippen LogP contribution in [-0.4, -0.2) is 11.3 Å². The van der Waals surface area contributed by atoms with E-state index in [4.69, 9.17) is 4.74 Å². The summed E-state index contributed by atoms with van der Waals surface area (Å²) in [6, 6.07) is 28.7. The lowest BCUT2D eigenvalue weighted by molar-refractivity contribution is 0.112. The van der Waals surface area contributed by atoms with Crippen molar-refractivity contribution in [2.75, 3.05) is 5.32 Å². The Balaban J connectivity index is 1.50. The summed E-state index contributed by atoms with van der Waals surface area (Å²) in [6.45, 7) is 0. The summed E-state index contributed by atoms with van der Waals surface area (Å²) in [6.07, 6.45) is 2.62. The highest BCUT2D eigenvalue weighted by Gasteiger charge is 2.05. The highest BCUT2D eigenvalue weighted by atomic mass is 16.5. The smallest absolute Gasteiger partial charge is 0.150 e. The SMILES string of the molecule is O=Cc1ccccc1-c1ccc(Nc2cccc(Oc3ccccc3)c2)nc1. The van der Waals surface area contributed by atoms with Crippen LogP contribution in [0.1, 0.15) is 10.4 Å². The molecule has 4 aromatic rings. The van der Waals surface area contributed by atoms with Gasteiger partial charge in [0.15, 0.2) is 6.29 Å². The summed E-state index contributed by atoms with van der Waals surface area (Å²) >= 11 is 0. The van der Waals surface area contributed by atoms with Gasteiger partial charge >= 0.3 is 0 Å². The maximum Gasteiger partial charge on any atom is 0.150 e. The van der Waals surface area contributed by atoms with Gasteiger partial charge in [-0.25, -0.2) is 4.98 Å². The van der Waals surface area contributed by atoms with Crippen LogP contribution in [-0.2, 0) is 0 Å². The second-order valence-corrected chi connectivity index (χ2v) is 6.21. The number of nitrogens with zero attached hydrogens (tertiary/aromatic N) is 1. The predicted molar refractivity (Wildman–Crippen MR) is 111 cm³/mol. The predicted octanol–water partition coefficient (Wildman–Crippen LogP) is 6.10. The first kappa shape index (κ1) is 17.5. The minimum absolute atomic E-state index is 0.649. The monoisotopic (exact) mass is 366 g/mol. The molecule has 0 spiro atoms. The Kier molecular flexibility index (Phi) is 5.11. The third kappa shape index (κ3) is 4.07. The van der Waals surface area contributed by atoms with Gasteiger partial charge in [-0.1, -0.05) is 48.5 Å². The van der Waals surface area contributed by atoms with Gasteiger partial charge in [-0.2, -0.15) is 0 Å². The molecular weight excluding hydrogens is 348 g/mol. The minimum atomic E-state index is 0.649. The number of hydrogen-bond donors (Lipinski definition) is 1. The van der Waals surface area contributed by atoms with E-state index < -0.39 is 0 Å². The highest BCUT2D eigenvalue weighted by molar-refractivity contribution is 5.87. The lowest BCUT2D eigenvalue weighted by Crippen LogP contribution is -1.95. The number of anilines is 2. The number of rotatable bonds is 6. The zero-order valence-corrected chi connectivity index (χ0v) is 15.1. The Morgan fingerprint density at radius 2 is 1.57 bits per heavy atom. The largest absolute Gasteiger partial charge is 0.457 e. The topological polar surface area (TPSA) is 51.2 Å². The number of hydrogen-bond acceptors (Lipinski definition) is 4. The van der Waals surface area contributed by atoms with E-state index in [9.17, 15) is 4.79 Å². The van der Waals surface area contributed by atoms with Crippen LogP contribution >= 0.6 is 0 Å². The van der Waals surface area contributed by atoms with Crippen molar-refractivity contribution in [1.82, 2.24) is 4.98 Å². The molecule has 4 heteroatoms. The van der Waals surface area contributed by atoms with Crippen molar-refractivity contribution in [1.29, 1.82) is 0 Å². The van der Waals surface area contributed by atoms with Gasteiger partial charge in [0.25, 0.3) is 0 Å². The molecule has 0 fully saturated rings. The molecule has 1 aromatic heterocycles. The number of aromatic nitrogens is 1. The van der Waals surface area contributed by atoms with Gasteiger partial charge in [0.2, 0.25) is 0 Å². The number of carbonyl (C=O) groups excluding carboxylic acids is 1. The number of para-hydroxylation sites is 1. The Labute approximate surface area is 163 Å². The molecule has 3 aromatic carbocycles. The van der Waals surface area contributed by atoms with Crippen molar-refractivity contribution in [3.05, 3.63) is 103 Å². The Morgan fingerprint density at radius 3 is 2.36 bits per heavy atom. The summed E-state index contributed by atoms with van der Waals surface area (Å²) in [4.78, 5) is 15.7. The molecule has 0 aliphatic heterocycles. The lowest BCUT2D eigenvalue weighted by atomic mass is 10.0. The average molecular weight is 366 g/mol. The van der Waals surface area contributed by atoms with Gasteiger partial charge in [-0.05, 0) is 42.0 Å². The number of ether oxygens (including phenoxy) is 1. The molecule has 0 saturated carbocycles. The molecule has 4 nitrogen and oxygen atoms in total. The van der Waals surface area contributed by atoms with E-state index in [1.165, 1.54) is 0 Å². The average Bonchev–Trinajstić information content (AvgIpc) is 2.75. The zero-order chi connectivity index (χ0) is 19.2.